The number of piperidine rings is 2. The van der Waals surface area contributed by atoms with Gasteiger partial charge in [0.1, 0.15) is 0 Å². The fourth-order valence-electron chi connectivity index (χ4n) is 5.46. The normalized spacial score (nSPS) is 27.6. The number of likely N-dealkylation sites (tertiary alicyclic amines) is 3. The molecule has 3 aliphatic heterocycles. The average molecular weight is 400 g/mol. The van der Waals surface area contributed by atoms with E-state index in [1.165, 1.54) is 44.3 Å². The summed E-state index contributed by atoms with van der Waals surface area (Å²) in [6.45, 7) is 6.55. The Morgan fingerprint density at radius 3 is 2.41 bits per heavy atom. The smallest absolute Gasteiger partial charge is 0.255 e. The van der Waals surface area contributed by atoms with Gasteiger partial charge in [-0.2, -0.15) is 0 Å². The van der Waals surface area contributed by atoms with Crippen molar-refractivity contribution in [2.75, 3.05) is 45.8 Å². The van der Waals surface area contributed by atoms with E-state index in [1.807, 2.05) is 11.0 Å². The van der Waals surface area contributed by atoms with Gasteiger partial charge in [-0.3, -0.25) is 9.69 Å². The molecule has 1 atom stereocenters. The summed E-state index contributed by atoms with van der Waals surface area (Å²) < 4.78 is 0. The van der Waals surface area contributed by atoms with E-state index < -0.39 is 5.60 Å². The molecule has 3 aliphatic rings. The molecule has 0 aromatic heterocycles. The molecule has 0 bridgehead atoms. The molecule has 1 N–H and O–H groups in total. The third-order valence-electron chi connectivity index (χ3n) is 7.14. The van der Waals surface area contributed by atoms with Crippen LogP contribution in [-0.2, 0) is 11.2 Å². The fourth-order valence-corrected chi connectivity index (χ4v) is 5.46. The predicted molar refractivity (Wildman–Crippen MR) is 116 cm³/mol. The molecule has 160 valence electrons. The highest BCUT2D eigenvalue weighted by Crippen LogP contribution is 2.27. The summed E-state index contributed by atoms with van der Waals surface area (Å²) in [5.41, 5.74) is 0.124. The second-order valence-corrected chi connectivity index (χ2v) is 9.27. The van der Waals surface area contributed by atoms with E-state index in [1.54, 1.807) is 0 Å². The van der Waals surface area contributed by atoms with Crippen molar-refractivity contribution in [1.82, 2.24) is 14.7 Å². The maximum Gasteiger partial charge on any atom is 0.255 e. The number of hydrogen-bond donors (Lipinski definition) is 1. The largest absolute Gasteiger partial charge is 0.379 e. The number of β-amino-alcohol motifs (C(OH)–C–C–N with tert-alkyl or cyclic N) is 1. The number of hydrogen-bond acceptors (Lipinski definition) is 4. The Morgan fingerprint density at radius 1 is 0.966 bits per heavy atom. The van der Waals surface area contributed by atoms with Crippen molar-refractivity contribution in [2.45, 2.75) is 63.0 Å². The molecule has 1 aromatic carbocycles. The predicted octanol–water partition coefficient (Wildman–Crippen LogP) is 2.53. The van der Waals surface area contributed by atoms with E-state index in [-0.39, 0.29) is 5.91 Å². The van der Waals surface area contributed by atoms with Crippen LogP contribution in [0.3, 0.4) is 0 Å². The SMILES string of the molecule is O=C1N(CCCc2ccccc2)CCC[C@]1(O)CN1CCC(N2CCCC2)CC1. The van der Waals surface area contributed by atoms with Crippen molar-refractivity contribution in [3.63, 3.8) is 0 Å². The molecule has 3 fully saturated rings. The van der Waals surface area contributed by atoms with Crippen LogP contribution in [0.15, 0.2) is 30.3 Å². The molecule has 29 heavy (non-hydrogen) atoms. The van der Waals surface area contributed by atoms with Crippen molar-refractivity contribution in [2.24, 2.45) is 0 Å². The van der Waals surface area contributed by atoms with E-state index >= 15 is 0 Å². The lowest BCUT2D eigenvalue weighted by Gasteiger charge is -2.43. The zero-order valence-electron chi connectivity index (χ0n) is 17.8. The van der Waals surface area contributed by atoms with E-state index in [0.29, 0.717) is 19.0 Å². The molecule has 0 spiro atoms. The maximum absolute atomic E-state index is 13.1. The van der Waals surface area contributed by atoms with Crippen LogP contribution in [0, 0.1) is 0 Å². The molecule has 0 unspecified atom stereocenters. The first-order chi connectivity index (χ1) is 14.1. The van der Waals surface area contributed by atoms with Crippen molar-refractivity contribution in [3.05, 3.63) is 35.9 Å². The third kappa shape index (κ3) is 5.19. The molecule has 0 saturated carbocycles. The highest BCUT2D eigenvalue weighted by atomic mass is 16.3. The van der Waals surface area contributed by atoms with Gasteiger partial charge in [-0.1, -0.05) is 30.3 Å². The Hall–Kier alpha value is -1.43. The molecular formula is C24H37N3O2. The molecule has 1 amide bonds. The Bertz CT molecular complexity index is 653. The summed E-state index contributed by atoms with van der Waals surface area (Å²) in [5.74, 6) is -0.0431. The Labute approximate surface area is 175 Å². The van der Waals surface area contributed by atoms with Crippen molar-refractivity contribution >= 4 is 5.91 Å². The van der Waals surface area contributed by atoms with Crippen LogP contribution in [0.25, 0.3) is 0 Å². The lowest BCUT2D eigenvalue weighted by atomic mass is 9.89. The van der Waals surface area contributed by atoms with Gasteiger partial charge >= 0.3 is 0 Å². The number of rotatable bonds is 7. The molecule has 3 heterocycles. The summed E-state index contributed by atoms with van der Waals surface area (Å²) >= 11 is 0. The van der Waals surface area contributed by atoms with Gasteiger partial charge in [-0.25, -0.2) is 0 Å². The van der Waals surface area contributed by atoms with E-state index in [9.17, 15) is 9.90 Å². The summed E-state index contributed by atoms with van der Waals surface area (Å²) in [4.78, 5) is 20.0. The lowest BCUT2D eigenvalue weighted by molar-refractivity contribution is -0.160. The third-order valence-corrected chi connectivity index (χ3v) is 7.14. The zero-order valence-corrected chi connectivity index (χ0v) is 17.8. The number of carbonyl (C=O) groups is 1. The first-order valence-corrected chi connectivity index (χ1v) is 11.7. The minimum atomic E-state index is -1.19. The van der Waals surface area contributed by atoms with E-state index in [0.717, 1.165) is 45.4 Å². The van der Waals surface area contributed by atoms with Crippen LogP contribution in [-0.4, -0.2) is 83.2 Å². The highest BCUT2D eigenvalue weighted by molar-refractivity contribution is 5.86. The highest BCUT2D eigenvalue weighted by Gasteiger charge is 2.43. The summed E-state index contributed by atoms with van der Waals surface area (Å²) in [5, 5.41) is 11.2. The minimum Gasteiger partial charge on any atom is -0.379 e. The Kier molecular flexibility index (Phi) is 6.88. The molecule has 3 saturated heterocycles. The van der Waals surface area contributed by atoms with Crippen LogP contribution in [0.5, 0.6) is 0 Å². The van der Waals surface area contributed by atoms with Crippen LogP contribution in [0.1, 0.15) is 50.5 Å². The van der Waals surface area contributed by atoms with Crippen molar-refractivity contribution in [3.8, 4) is 0 Å². The zero-order chi connectivity index (χ0) is 20.1. The second kappa shape index (κ2) is 9.59. The monoisotopic (exact) mass is 399 g/mol. The molecule has 1 aromatic rings. The van der Waals surface area contributed by atoms with E-state index in [4.69, 9.17) is 0 Å². The molecule has 4 rings (SSSR count). The van der Waals surface area contributed by atoms with Crippen LogP contribution < -0.4 is 0 Å². The molecule has 0 radical (unpaired) electrons. The average Bonchev–Trinajstić information content (AvgIpc) is 3.28. The Balaban J connectivity index is 1.25. The number of amides is 1. The second-order valence-electron chi connectivity index (χ2n) is 9.27. The summed E-state index contributed by atoms with van der Waals surface area (Å²) in [6, 6.07) is 11.1. The van der Waals surface area contributed by atoms with Crippen LogP contribution in [0.4, 0.5) is 0 Å². The van der Waals surface area contributed by atoms with Gasteiger partial charge in [0.05, 0.1) is 0 Å². The molecule has 5 heteroatoms. The van der Waals surface area contributed by atoms with Crippen molar-refractivity contribution < 1.29 is 9.90 Å². The molecular weight excluding hydrogens is 362 g/mol. The summed E-state index contributed by atoms with van der Waals surface area (Å²) in [7, 11) is 0. The number of carbonyl (C=O) groups excluding carboxylic acids is 1. The van der Waals surface area contributed by atoms with Crippen molar-refractivity contribution in [1.29, 1.82) is 0 Å². The van der Waals surface area contributed by atoms with Gasteiger partial charge in [0.15, 0.2) is 5.60 Å². The number of benzene rings is 1. The number of aliphatic hydroxyl groups is 1. The number of aryl methyl sites for hydroxylation is 1. The molecule has 0 aliphatic carbocycles. The first-order valence-electron chi connectivity index (χ1n) is 11.7. The number of nitrogens with zero attached hydrogens (tertiary/aromatic N) is 3. The quantitative estimate of drug-likeness (QED) is 0.765. The summed E-state index contributed by atoms with van der Waals surface area (Å²) in [6.07, 6.45) is 8.46. The van der Waals surface area contributed by atoms with E-state index in [2.05, 4.69) is 34.1 Å². The first kappa shape index (κ1) is 20.8. The van der Waals surface area contributed by atoms with Gasteiger partial charge < -0.3 is 14.9 Å². The fraction of sp³-hybridized carbons (Fsp3) is 0.708. The maximum atomic E-state index is 13.1. The van der Waals surface area contributed by atoms with Crippen LogP contribution >= 0.6 is 0 Å². The lowest BCUT2D eigenvalue weighted by Crippen LogP contribution is -2.59. The van der Waals surface area contributed by atoms with Gasteiger partial charge in [0.2, 0.25) is 0 Å². The minimum absolute atomic E-state index is 0.0431. The van der Waals surface area contributed by atoms with Gasteiger partial charge in [0, 0.05) is 25.7 Å². The van der Waals surface area contributed by atoms with Gasteiger partial charge in [-0.15, -0.1) is 0 Å². The van der Waals surface area contributed by atoms with Crippen LogP contribution in [0.2, 0.25) is 0 Å². The van der Waals surface area contributed by atoms with Gasteiger partial charge in [0.25, 0.3) is 5.91 Å². The topological polar surface area (TPSA) is 47.0 Å². The standard InChI is InChI=1S/C24H37N3O2/c28-23-24(29,20-25-18-11-22(12-19-25)26-14-4-5-15-26)13-7-17-27(23)16-6-10-21-8-2-1-3-9-21/h1-3,8-9,22,29H,4-7,10-20H2/t24-/m0/s1. The molecule has 5 nitrogen and oxygen atoms in total. The van der Waals surface area contributed by atoms with Gasteiger partial charge in [-0.05, 0) is 83.1 Å². The Morgan fingerprint density at radius 2 is 1.69 bits per heavy atom.